The standard InChI is InChI=1S/C16H13Br2N3/c1-9-2-4-11(7-13(9)18)21-16-12-6-10(17)3-5-15(12)20-8-14(16)19/h2-8H,19H2,1H3,(H,20,21). The van der Waals surface area contributed by atoms with Gasteiger partial charge < -0.3 is 11.1 Å². The lowest BCUT2D eigenvalue weighted by Crippen LogP contribution is -1.99. The maximum Gasteiger partial charge on any atom is 0.0746 e. The first-order chi connectivity index (χ1) is 10.0. The fourth-order valence-electron chi connectivity index (χ4n) is 2.13. The number of hydrogen-bond acceptors (Lipinski definition) is 3. The van der Waals surface area contributed by atoms with Crippen molar-refractivity contribution in [1.29, 1.82) is 0 Å². The molecule has 3 aromatic rings. The number of aryl methyl sites for hydroxylation is 1. The average Bonchev–Trinajstić information content (AvgIpc) is 2.46. The summed E-state index contributed by atoms with van der Waals surface area (Å²) in [7, 11) is 0. The average molecular weight is 407 g/mol. The second-order valence-electron chi connectivity index (χ2n) is 4.84. The Morgan fingerprint density at radius 2 is 1.90 bits per heavy atom. The van der Waals surface area contributed by atoms with Crippen LogP contribution < -0.4 is 11.1 Å². The van der Waals surface area contributed by atoms with Gasteiger partial charge in [-0.1, -0.05) is 37.9 Å². The molecule has 1 heterocycles. The van der Waals surface area contributed by atoms with Crippen LogP contribution >= 0.6 is 31.9 Å². The Morgan fingerprint density at radius 1 is 1.10 bits per heavy atom. The lowest BCUT2D eigenvalue weighted by molar-refractivity contribution is 1.39. The number of pyridine rings is 1. The van der Waals surface area contributed by atoms with E-state index in [2.05, 4.69) is 55.2 Å². The molecule has 0 amide bonds. The lowest BCUT2D eigenvalue weighted by Gasteiger charge is -2.13. The molecule has 2 aromatic carbocycles. The Labute approximate surface area is 139 Å². The molecule has 0 saturated heterocycles. The van der Waals surface area contributed by atoms with Crippen molar-refractivity contribution in [1.82, 2.24) is 4.98 Å². The zero-order valence-electron chi connectivity index (χ0n) is 11.3. The molecule has 0 saturated carbocycles. The maximum atomic E-state index is 6.10. The van der Waals surface area contributed by atoms with Crippen LogP contribution in [0.2, 0.25) is 0 Å². The van der Waals surface area contributed by atoms with Gasteiger partial charge in [0.2, 0.25) is 0 Å². The molecule has 1 aromatic heterocycles. The zero-order valence-corrected chi connectivity index (χ0v) is 14.5. The highest BCUT2D eigenvalue weighted by Gasteiger charge is 2.08. The van der Waals surface area contributed by atoms with Crippen LogP contribution in [0.4, 0.5) is 17.1 Å². The molecule has 5 heteroatoms. The minimum Gasteiger partial charge on any atom is -0.396 e. The van der Waals surface area contributed by atoms with E-state index in [9.17, 15) is 0 Å². The van der Waals surface area contributed by atoms with Crippen molar-refractivity contribution < 1.29 is 0 Å². The summed E-state index contributed by atoms with van der Waals surface area (Å²) >= 11 is 7.04. The summed E-state index contributed by atoms with van der Waals surface area (Å²) in [4.78, 5) is 4.36. The maximum absolute atomic E-state index is 6.10. The van der Waals surface area contributed by atoms with Crippen molar-refractivity contribution in [3.05, 3.63) is 57.1 Å². The summed E-state index contributed by atoms with van der Waals surface area (Å²) in [6.45, 7) is 2.06. The van der Waals surface area contributed by atoms with Crippen LogP contribution in [0.25, 0.3) is 10.9 Å². The Hall–Kier alpha value is -1.59. The smallest absolute Gasteiger partial charge is 0.0746 e. The van der Waals surface area contributed by atoms with E-state index in [1.165, 1.54) is 5.56 Å². The highest BCUT2D eigenvalue weighted by molar-refractivity contribution is 9.10. The van der Waals surface area contributed by atoms with Gasteiger partial charge in [-0.25, -0.2) is 0 Å². The molecule has 3 rings (SSSR count). The molecule has 0 aliphatic rings. The van der Waals surface area contributed by atoms with Gasteiger partial charge in [0, 0.05) is 20.0 Å². The fraction of sp³-hybridized carbons (Fsp3) is 0.0625. The van der Waals surface area contributed by atoms with E-state index in [0.29, 0.717) is 5.69 Å². The highest BCUT2D eigenvalue weighted by Crippen LogP contribution is 2.33. The van der Waals surface area contributed by atoms with Gasteiger partial charge in [0.05, 0.1) is 23.1 Å². The summed E-state index contributed by atoms with van der Waals surface area (Å²) in [5.74, 6) is 0. The van der Waals surface area contributed by atoms with Gasteiger partial charge >= 0.3 is 0 Å². The van der Waals surface area contributed by atoms with E-state index in [0.717, 1.165) is 31.2 Å². The topological polar surface area (TPSA) is 50.9 Å². The molecular weight excluding hydrogens is 394 g/mol. The third-order valence-corrected chi connectivity index (χ3v) is 4.65. The summed E-state index contributed by atoms with van der Waals surface area (Å²) in [5.41, 5.74) is 10.7. The van der Waals surface area contributed by atoms with E-state index < -0.39 is 0 Å². The monoisotopic (exact) mass is 405 g/mol. The molecule has 21 heavy (non-hydrogen) atoms. The van der Waals surface area contributed by atoms with Crippen LogP contribution in [0.1, 0.15) is 5.56 Å². The Kier molecular flexibility index (Phi) is 3.87. The summed E-state index contributed by atoms with van der Waals surface area (Å²) in [6, 6.07) is 12.1. The molecule has 0 bridgehead atoms. The SMILES string of the molecule is Cc1ccc(Nc2c(N)cnc3ccc(Br)cc23)cc1Br. The van der Waals surface area contributed by atoms with Crippen LogP contribution in [0, 0.1) is 6.92 Å². The molecule has 0 spiro atoms. The van der Waals surface area contributed by atoms with Crippen molar-refractivity contribution in [2.75, 3.05) is 11.1 Å². The predicted octanol–water partition coefficient (Wildman–Crippen LogP) is 5.39. The molecule has 0 radical (unpaired) electrons. The fourth-order valence-corrected chi connectivity index (χ4v) is 2.87. The van der Waals surface area contributed by atoms with E-state index >= 15 is 0 Å². The number of nitrogens with two attached hydrogens (primary N) is 1. The van der Waals surface area contributed by atoms with Gasteiger partial charge in [0.1, 0.15) is 0 Å². The largest absolute Gasteiger partial charge is 0.396 e. The van der Waals surface area contributed by atoms with Gasteiger partial charge in [-0.05, 0) is 42.8 Å². The Bertz CT molecular complexity index is 826. The quantitative estimate of drug-likeness (QED) is 0.599. The van der Waals surface area contributed by atoms with Crippen LogP contribution in [0.15, 0.2) is 51.5 Å². The van der Waals surface area contributed by atoms with E-state index in [1.54, 1.807) is 6.20 Å². The second kappa shape index (κ2) is 5.66. The van der Waals surface area contributed by atoms with Crippen LogP contribution in [-0.4, -0.2) is 4.98 Å². The number of aromatic nitrogens is 1. The van der Waals surface area contributed by atoms with Crippen molar-refractivity contribution in [2.24, 2.45) is 0 Å². The third-order valence-electron chi connectivity index (χ3n) is 3.30. The second-order valence-corrected chi connectivity index (χ2v) is 6.61. The molecule has 0 fully saturated rings. The number of halogens is 2. The summed E-state index contributed by atoms with van der Waals surface area (Å²) in [6.07, 6.45) is 1.68. The Balaban J connectivity index is 2.12. The molecule has 0 atom stereocenters. The van der Waals surface area contributed by atoms with Crippen molar-refractivity contribution in [2.45, 2.75) is 6.92 Å². The first kappa shape index (κ1) is 14.4. The molecule has 3 N–H and O–H groups in total. The number of nitrogens with one attached hydrogen (secondary N) is 1. The zero-order chi connectivity index (χ0) is 15.0. The van der Waals surface area contributed by atoms with Crippen molar-refractivity contribution in [3.8, 4) is 0 Å². The summed E-state index contributed by atoms with van der Waals surface area (Å²) < 4.78 is 2.06. The number of rotatable bonds is 2. The molecule has 106 valence electrons. The van der Waals surface area contributed by atoms with Gasteiger partial charge in [-0.2, -0.15) is 0 Å². The predicted molar refractivity (Wildman–Crippen MR) is 96.0 cm³/mol. The number of nitrogens with zero attached hydrogens (tertiary/aromatic N) is 1. The number of anilines is 3. The van der Waals surface area contributed by atoms with E-state index in [1.807, 2.05) is 30.3 Å². The van der Waals surface area contributed by atoms with Gasteiger partial charge in [0.25, 0.3) is 0 Å². The first-order valence-corrected chi connectivity index (χ1v) is 8.00. The van der Waals surface area contributed by atoms with Gasteiger partial charge in [-0.15, -0.1) is 0 Å². The summed E-state index contributed by atoms with van der Waals surface area (Å²) in [5, 5.41) is 4.38. The van der Waals surface area contributed by atoms with Crippen LogP contribution in [0.5, 0.6) is 0 Å². The minimum absolute atomic E-state index is 0.622. The minimum atomic E-state index is 0.622. The number of hydrogen-bond donors (Lipinski definition) is 2. The van der Waals surface area contributed by atoms with Gasteiger partial charge in [0.15, 0.2) is 0 Å². The van der Waals surface area contributed by atoms with Crippen molar-refractivity contribution >= 4 is 59.8 Å². The molecule has 0 unspecified atom stereocenters. The number of fused-ring (bicyclic) bond motifs is 1. The van der Waals surface area contributed by atoms with Crippen molar-refractivity contribution in [3.63, 3.8) is 0 Å². The third kappa shape index (κ3) is 2.89. The molecule has 3 nitrogen and oxygen atoms in total. The normalized spacial score (nSPS) is 10.8. The van der Waals surface area contributed by atoms with E-state index in [4.69, 9.17) is 5.73 Å². The number of benzene rings is 2. The van der Waals surface area contributed by atoms with Crippen LogP contribution in [-0.2, 0) is 0 Å². The molecule has 0 aliphatic carbocycles. The van der Waals surface area contributed by atoms with Gasteiger partial charge in [-0.3, -0.25) is 4.98 Å². The van der Waals surface area contributed by atoms with Crippen LogP contribution in [0.3, 0.4) is 0 Å². The first-order valence-electron chi connectivity index (χ1n) is 6.41. The molecule has 0 aliphatic heterocycles. The highest BCUT2D eigenvalue weighted by atomic mass is 79.9. The lowest BCUT2D eigenvalue weighted by atomic mass is 10.1. The number of nitrogen functional groups attached to an aromatic ring is 1. The Morgan fingerprint density at radius 3 is 2.67 bits per heavy atom. The van der Waals surface area contributed by atoms with E-state index in [-0.39, 0.29) is 0 Å². The molecular formula is C16H13Br2N3.